The zero-order chi connectivity index (χ0) is 8.81. The Morgan fingerprint density at radius 1 is 1.58 bits per heavy atom. The Morgan fingerprint density at radius 3 is 3.08 bits per heavy atom. The fourth-order valence-electron chi connectivity index (χ4n) is 0.759. The molecule has 0 aliphatic heterocycles. The average molecular weight is 162 g/mol. The minimum atomic E-state index is -0.130. The largest absolute Gasteiger partial charge is 0.330 e. The van der Waals surface area contributed by atoms with Crippen LogP contribution < -0.4 is 11.3 Å². The smallest absolute Gasteiger partial charge is 0.249 e. The normalized spacial score (nSPS) is 8.75. The fourth-order valence-corrected chi connectivity index (χ4v) is 0.759. The van der Waals surface area contributed by atoms with Crippen molar-refractivity contribution >= 4 is 0 Å². The molecule has 0 unspecified atom stereocenters. The molecule has 0 radical (unpaired) electrons. The summed E-state index contributed by atoms with van der Waals surface area (Å²) in [7, 11) is 0. The number of nitrogens with two attached hydrogens (primary N) is 1. The van der Waals surface area contributed by atoms with E-state index in [1.54, 1.807) is 12.3 Å². The molecule has 62 valence electrons. The van der Waals surface area contributed by atoms with Gasteiger partial charge in [-0.25, -0.2) is 0 Å². The second-order valence-electron chi connectivity index (χ2n) is 2.28. The van der Waals surface area contributed by atoms with Crippen LogP contribution in [0.3, 0.4) is 0 Å². The molecule has 3 N–H and O–H groups in total. The predicted molar refractivity (Wildman–Crippen MR) is 47.6 cm³/mol. The SMILES string of the molecule is NCCC#Cc1cc[nH]c(=O)c1. The molecule has 0 aromatic carbocycles. The fraction of sp³-hybridized carbons (Fsp3) is 0.222. The summed E-state index contributed by atoms with van der Waals surface area (Å²) in [4.78, 5) is 13.3. The lowest BCUT2D eigenvalue weighted by molar-refractivity contribution is 1.03. The van der Waals surface area contributed by atoms with Gasteiger partial charge in [-0.15, -0.1) is 0 Å². The number of hydrogen-bond donors (Lipinski definition) is 2. The van der Waals surface area contributed by atoms with E-state index in [-0.39, 0.29) is 5.56 Å². The summed E-state index contributed by atoms with van der Waals surface area (Å²) in [5.74, 6) is 5.69. The highest BCUT2D eigenvalue weighted by Gasteiger charge is 1.85. The molecule has 0 saturated carbocycles. The van der Waals surface area contributed by atoms with E-state index in [1.807, 2.05) is 0 Å². The van der Waals surface area contributed by atoms with Gasteiger partial charge in [0.15, 0.2) is 0 Å². The number of rotatable bonds is 1. The molecule has 0 fully saturated rings. The molecule has 1 aromatic heterocycles. The third-order valence-electron chi connectivity index (χ3n) is 1.28. The maximum Gasteiger partial charge on any atom is 0.249 e. The summed E-state index contributed by atoms with van der Waals surface area (Å²) in [5, 5.41) is 0. The molecule has 3 nitrogen and oxygen atoms in total. The molecule has 1 heterocycles. The Balaban J connectivity index is 2.78. The van der Waals surface area contributed by atoms with Crippen molar-refractivity contribution in [3.63, 3.8) is 0 Å². The minimum absolute atomic E-state index is 0.130. The predicted octanol–water partition coefficient (Wildman–Crippen LogP) is 0.0752. The molecule has 1 rings (SSSR count). The van der Waals surface area contributed by atoms with Crippen molar-refractivity contribution in [1.82, 2.24) is 4.98 Å². The van der Waals surface area contributed by atoms with E-state index < -0.39 is 0 Å². The topological polar surface area (TPSA) is 58.9 Å². The van der Waals surface area contributed by atoms with Gasteiger partial charge in [0, 0.05) is 30.8 Å². The van der Waals surface area contributed by atoms with Gasteiger partial charge in [-0.3, -0.25) is 4.79 Å². The van der Waals surface area contributed by atoms with Crippen LogP contribution in [-0.2, 0) is 0 Å². The molecule has 3 heteroatoms. The van der Waals surface area contributed by atoms with Crippen molar-refractivity contribution in [1.29, 1.82) is 0 Å². The molecule has 0 spiro atoms. The highest BCUT2D eigenvalue weighted by molar-refractivity contribution is 5.31. The third-order valence-corrected chi connectivity index (χ3v) is 1.28. The van der Waals surface area contributed by atoms with Gasteiger partial charge in [-0.1, -0.05) is 11.8 Å². The van der Waals surface area contributed by atoms with E-state index in [2.05, 4.69) is 16.8 Å². The quantitative estimate of drug-likeness (QED) is 0.574. The van der Waals surface area contributed by atoms with Crippen LogP contribution in [-0.4, -0.2) is 11.5 Å². The summed E-state index contributed by atoms with van der Waals surface area (Å²) in [6, 6.07) is 3.22. The van der Waals surface area contributed by atoms with Gasteiger partial charge in [-0.2, -0.15) is 0 Å². The van der Waals surface area contributed by atoms with Crippen LogP contribution in [0.5, 0.6) is 0 Å². The van der Waals surface area contributed by atoms with Gasteiger partial charge < -0.3 is 10.7 Å². The minimum Gasteiger partial charge on any atom is -0.330 e. The summed E-state index contributed by atoms with van der Waals surface area (Å²) in [6.45, 7) is 0.552. The van der Waals surface area contributed by atoms with Crippen LogP contribution in [0.15, 0.2) is 23.1 Å². The summed E-state index contributed by atoms with van der Waals surface area (Å²) >= 11 is 0. The van der Waals surface area contributed by atoms with Crippen LogP contribution in [0.1, 0.15) is 12.0 Å². The van der Waals surface area contributed by atoms with E-state index in [1.165, 1.54) is 6.07 Å². The molecule has 0 amide bonds. The average Bonchev–Trinajstić information content (AvgIpc) is 2.05. The van der Waals surface area contributed by atoms with E-state index in [9.17, 15) is 4.79 Å². The Morgan fingerprint density at radius 2 is 2.42 bits per heavy atom. The standard InChI is InChI=1S/C9H10N2O/c10-5-2-1-3-8-4-6-11-9(12)7-8/h4,6-7H,2,5,10H2,(H,11,12). The number of aromatic amines is 1. The molecular weight excluding hydrogens is 152 g/mol. The number of hydrogen-bond acceptors (Lipinski definition) is 2. The first-order valence-electron chi connectivity index (χ1n) is 3.70. The maximum atomic E-state index is 10.8. The molecule has 0 atom stereocenters. The van der Waals surface area contributed by atoms with E-state index in [0.29, 0.717) is 13.0 Å². The Labute approximate surface area is 70.6 Å². The van der Waals surface area contributed by atoms with Crippen molar-refractivity contribution < 1.29 is 0 Å². The summed E-state index contributed by atoms with van der Waals surface area (Å²) in [5.41, 5.74) is 5.85. The van der Waals surface area contributed by atoms with Crippen LogP contribution in [0, 0.1) is 11.8 Å². The maximum absolute atomic E-state index is 10.8. The highest BCUT2D eigenvalue weighted by atomic mass is 16.1. The molecule has 0 aliphatic rings. The van der Waals surface area contributed by atoms with Crippen LogP contribution >= 0.6 is 0 Å². The van der Waals surface area contributed by atoms with Gasteiger partial charge in [0.2, 0.25) is 5.56 Å². The Hall–Kier alpha value is -1.53. The van der Waals surface area contributed by atoms with Gasteiger partial charge >= 0.3 is 0 Å². The van der Waals surface area contributed by atoms with Crippen molar-refractivity contribution in [2.24, 2.45) is 5.73 Å². The van der Waals surface area contributed by atoms with Gasteiger partial charge in [0.1, 0.15) is 0 Å². The van der Waals surface area contributed by atoms with Crippen LogP contribution in [0.4, 0.5) is 0 Å². The highest BCUT2D eigenvalue weighted by Crippen LogP contribution is 1.88. The number of aromatic nitrogens is 1. The molecule has 12 heavy (non-hydrogen) atoms. The lowest BCUT2D eigenvalue weighted by atomic mass is 10.2. The molecular formula is C9H10N2O. The van der Waals surface area contributed by atoms with E-state index in [4.69, 9.17) is 5.73 Å². The zero-order valence-electron chi connectivity index (χ0n) is 6.63. The first kappa shape index (κ1) is 8.57. The van der Waals surface area contributed by atoms with Crippen LogP contribution in [0.2, 0.25) is 0 Å². The van der Waals surface area contributed by atoms with Crippen molar-refractivity contribution in [3.8, 4) is 11.8 Å². The molecule has 0 aliphatic carbocycles. The summed E-state index contributed by atoms with van der Waals surface area (Å²) in [6.07, 6.45) is 2.24. The van der Waals surface area contributed by atoms with E-state index in [0.717, 1.165) is 5.56 Å². The van der Waals surface area contributed by atoms with Crippen molar-refractivity contribution in [3.05, 3.63) is 34.2 Å². The monoisotopic (exact) mass is 162 g/mol. The molecule has 0 bridgehead atoms. The van der Waals surface area contributed by atoms with Crippen molar-refractivity contribution in [2.45, 2.75) is 6.42 Å². The number of nitrogens with one attached hydrogen (secondary N) is 1. The Kier molecular flexibility index (Phi) is 3.12. The van der Waals surface area contributed by atoms with Gasteiger partial charge in [0.05, 0.1) is 0 Å². The number of H-pyrrole nitrogens is 1. The van der Waals surface area contributed by atoms with Crippen LogP contribution in [0.25, 0.3) is 0 Å². The van der Waals surface area contributed by atoms with E-state index >= 15 is 0 Å². The first-order valence-corrected chi connectivity index (χ1v) is 3.70. The van der Waals surface area contributed by atoms with Crippen molar-refractivity contribution in [2.75, 3.05) is 6.54 Å². The summed E-state index contributed by atoms with van der Waals surface area (Å²) < 4.78 is 0. The molecule has 1 aromatic rings. The number of pyridine rings is 1. The Bertz CT molecular complexity index is 357. The van der Waals surface area contributed by atoms with Gasteiger partial charge in [-0.05, 0) is 6.07 Å². The second kappa shape index (κ2) is 4.37. The zero-order valence-corrected chi connectivity index (χ0v) is 6.63. The lowest BCUT2D eigenvalue weighted by Gasteiger charge is -1.85. The van der Waals surface area contributed by atoms with Gasteiger partial charge in [0.25, 0.3) is 0 Å². The lowest BCUT2D eigenvalue weighted by Crippen LogP contribution is -2.02. The first-order chi connectivity index (χ1) is 5.83. The molecule has 0 saturated heterocycles. The third kappa shape index (κ3) is 2.60. The second-order valence-corrected chi connectivity index (χ2v) is 2.28.